The fourth-order valence-electron chi connectivity index (χ4n) is 2.00. The maximum absolute atomic E-state index is 12.5. The van der Waals surface area contributed by atoms with Crippen LogP contribution >= 0.6 is 35.0 Å². The average Bonchev–Trinajstić information content (AvgIpc) is 2.41. The molecular formula is C12H12Cl2N2O3S. The lowest BCUT2D eigenvalue weighted by molar-refractivity contribution is -0.138. The van der Waals surface area contributed by atoms with Crippen LogP contribution in [0.15, 0.2) is 12.1 Å². The molecule has 1 amide bonds. The van der Waals surface area contributed by atoms with E-state index in [1.165, 1.54) is 17.0 Å². The van der Waals surface area contributed by atoms with Crippen LogP contribution < -0.4 is 0 Å². The van der Waals surface area contributed by atoms with Crippen LogP contribution in [0.3, 0.4) is 0 Å². The van der Waals surface area contributed by atoms with Crippen molar-refractivity contribution in [2.24, 2.45) is 0 Å². The first-order chi connectivity index (χ1) is 9.49. The second-order valence-electron chi connectivity index (χ2n) is 4.29. The van der Waals surface area contributed by atoms with E-state index in [4.69, 9.17) is 28.3 Å². The molecule has 20 heavy (non-hydrogen) atoms. The summed E-state index contributed by atoms with van der Waals surface area (Å²) in [6.07, 6.45) is -0.0864. The molecule has 0 aromatic carbocycles. The molecular weight excluding hydrogens is 323 g/mol. The van der Waals surface area contributed by atoms with Gasteiger partial charge in [0.25, 0.3) is 5.91 Å². The summed E-state index contributed by atoms with van der Waals surface area (Å²) in [6.45, 7) is 0.478. The minimum atomic E-state index is -0.930. The quantitative estimate of drug-likeness (QED) is 0.859. The molecule has 1 aromatic rings. The number of nitrogens with zero attached hydrogens (tertiary/aromatic N) is 2. The average molecular weight is 335 g/mol. The summed E-state index contributed by atoms with van der Waals surface area (Å²) in [5, 5.41) is 9.32. The highest BCUT2D eigenvalue weighted by Crippen LogP contribution is 2.24. The Morgan fingerprint density at radius 2 is 2.20 bits per heavy atom. The normalized spacial score (nSPS) is 18.9. The number of aromatic nitrogens is 1. The highest BCUT2D eigenvalue weighted by molar-refractivity contribution is 7.99. The van der Waals surface area contributed by atoms with Gasteiger partial charge in [0, 0.05) is 18.1 Å². The van der Waals surface area contributed by atoms with Crippen LogP contribution in [0, 0.1) is 0 Å². The van der Waals surface area contributed by atoms with Crippen molar-refractivity contribution in [3.63, 3.8) is 0 Å². The smallest absolute Gasteiger partial charge is 0.305 e. The zero-order valence-corrected chi connectivity index (χ0v) is 12.7. The van der Waals surface area contributed by atoms with Gasteiger partial charge in [-0.05, 0) is 12.1 Å². The van der Waals surface area contributed by atoms with Crippen LogP contribution in [0.25, 0.3) is 0 Å². The second-order valence-corrected chi connectivity index (χ2v) is 6.23. The number of carbonyl (C=O) groups is 2. The lowest BCUT2D eigenvalue weighted by Gasteiger charge is -2.34. The third-order valence-electron chi connectivity index (χ3n) is 2.91. The Morgan fingerprint density at radius 3 is 2.90 bits per heavy atom. The summed E-state index contributed by atoms with van der Waals surface area (Å²) in [6, 6.07) is 2.66. The molecule has 0 saturated carbocycles. The Kier molecular flexibility index (Phi) is 5.12. The summed E-state index contributed by atoms with van der Waals surface area (Å²) >= 11 is 13.4. The van der Waals surface area contributed by atoms with Crippen LogP contribution in [0.4, 0.5) is 0 Å². The summed E-state index contributed by atoms with van der Waals surface area (Å²) in [5.41, 5.74) is 0.0708. The van der Waals surface area contributed by atoms with E-state index in [9.17, 15) is 9.59 Å². The van der Waals surface area contributed by atoms with Gasteiger partial charge in [0.2, 0.25) is 0 Å². The van der Waals surface area contributed by atoms with Crippen LogP contribution in [-0.4, -0.2) is 51.0 Å². The number of carboxylic acids is 1. The molecule has 0 spiro atoms. The van der Waals surface area contributed by atoms with E-state index < -0.39 is 5.97 Å². The third kappa shape index (κ3) is 3.56. The molecule has 108 valence electrons. The minimum Gasteiger partial charge on any atom is -0.481 e. The van der Waals surface area contributed by atoms with Crippen molar-refractivity contribution in [2.75, 3.05) is 18.1 Å². The first-order valence-corrected chi connectivity index (χ1v) is 7.82. The number of halogens is 2. The Morgan fingerprint density at radius 1 is 1.45 bits per heavy atom. The summed E-state index contributed by atoms with van der Waals surface area (Å²) in [5.74, 6) is 0.0560. The van der Waals surface area contributed by atoms with Crippen molar-refractivity contribution in [1.29, 1.82) is 0 Å². The van der Waals surface area contributed by atoms with Crippen molar-refractivity contribution in [3.8, 4) is 0 Å². The number of aliphatic carboxylic acids is 1. The van der Waals surface area contributed by atoms with E-state index in [1.54, 1.807) is 11.8 Å². The monoisotopic (exact) mass is 334 g/mol. The van der Waals surface area contributed by atoms with Gasteiger partial charge in [0.15, 0.2) is 0 Å². The Hall–Kier alpha value is -0.980. The summed E-state index contributed by atoms with van der Waals surface area (Å²) < 4.78 is 0. The fourth-order valence-corrected chi connectivity index (χ4v) is 3.39. The Bertz CT molecular complexity index is 541. The third-order valence-corrected chi connectivity index (χ3v) is 4.52. The SMILES string of the molecule is O=C(O)CC1CSCCN1C(=O)c1nc(Cl)ccc1Cl. The van der Waals surface area contributed by atoms with Crippen molar-refractivity contribution < 1.29 is 14.7 Å². The standard InChI is InChI=1S/C12H12Cl2N2O3S/c13-8-1-2-9(14)15-11(8)12(19)16-3-4-20-6-7(16)5-10(17)18/h1-2,7H,3-6H2,(H,17,18). The van der Waals surface area contributed by atoms with Crippen LogP contribution in [0.1, 0.15) is 16.9 Å². The predicted octanol–water partition coefficient (Wildman–Crippen LogP) is 2.42. The molecule has 1 fully saturated rings. The Labute approximate surface area is 130 Å². The lowest BCUT2D eigenvalue weighted by Crippen LogP contribution is -2.47. The molecule has 0 bridgehead atoms. The van der Waals surface area contributed by atoms with Gasteiger partial charge in [0.05, 0.1) is 17.5 Å². The number of pyridine rings is 1. The lowest BCUT2D eigenvalue weighted by atomic mass is 10.1. The van der Waals surface area contributed by atoms with E-state index in [0.717, 1.165) is 5.75 Å². The maximum atomic E-state index is 12.5. The number of carbonyl (C=O) groups excluding carboxylic acids is 1. The van der Waals surface area contributed by atoms with Gasteiger partial charge < -0.3 is 10.0 Å². The zero-order valence-electron chi connectivity index (χ0n) is 10.4. The molecule has 2 rings (SSSR count). The topological polar surface area (TPSA) is 70.5 Å². The van der Waals surface area contributed by atoms with Crippen LogP contribution in [-0.2, 0) is 4.79 Å². The van der Waals surface area contributed by atoms with Crippen molar-refractivity contribution in [1.82, 2.24) is 9.88 Å². The highest BCUT2D eigenvalue weighted by Gasteiger charge is 2.31. The molecule has 1 saturated heterocycles. The second kappa shape index (κ2) is 6.65. The van der Waals surface area contributed by atoms with E-state index in [1.807, 2.05) is 0 Å². The molecule has 1 aliphatic heterocycles. The highest BCUT2D eigenvalue weighted by atomic mass is 35.5. The van der Waals surface area contributed by atoms with Crippen LogP contribution in [0.5, 0.6) is 0 Å². The molecule has 0 radical (unpaired) electrons. The number of hydrogen-bond acceptors (Lipinski definition) is 4. The van der Waals surface area contributed by atoms with Gasteiger partial charge in [-0.2, -0.15) is 11.8 Å². The zero-order chi connectivity index (χ0) is 14.7. The van der Waals surface area contributed by atoms with Crippen LogP contribution in [0.2, 0.25) is 10.2 Å². The number of hydrogen-bond donors (Lipinski definition) is 1. The van der Waals surface area contributed by atoms with Gasteiger partial charge in [-0.15, -0.1) is 0 Å². The molecule has 1 aliphatic rings. The molecule has 5 nitrogen and oxygen atoms in total. The van der Waals surface area contributed by atoms with Gasteiger partial charge in [-0.3, -0.25) is 9.59 Å². The van der Waals surface area contributed by atoms with E-state index >= 15 is 0 Å². The van der Waals surface area contributed by atoms with Gasteiger partial charge in [-0.1, -0.05) is 23.2 Å². The molecule has 1 unspecified atom stereocenters. The fraction of sp³-hybridized carbons (Fsp3) is 0.417. The molecule has 0 aliphatic carbocycles. The van der Waals surface area contributed by atoms with Crippen molar-refractivity contribution in [2.45, 2.75) is 12.5 Å². The van der Waals surface area contributed by atoms with Crippen molar-refractivity contribution >= 4 is 46.8 Å². The molecule has 8 heteroatoms. The molecule has 1 N–H and O–H groups in total. The largest absolute Gasteiger partial charge is 0.481 e. The maximum Gasteiger partial charge on any atom is 0.305 e. The number of amides is 1. The number of rotatable bonds is 3. The predicted molar refractivity (Wildman–Crippen MR) is 78.7 cm³/mol. The van der Waals surface area contributed by atoms with E-state index in [-0.39, 0.29) is 34.2 Å². The number of carboxylic acid groups (broad SMARTS) is 1. The van der Waals surface area contributed by atoms with Gasteiger partial charge >= 0.3 is 5.97 Å². The first kappa shape index (κ1) is 15.4. The number of thioether (sulfide) groups is 1. The van der Waals surface area contributed by atoms with E-state index in [2.05, 4.69) is 4.98 Å². The minimum absolute atomic E-state index is 0.0708. The van der Waals surface area contributed by atoms with Gasteiger partial charge in [-0.25, -0.2) is 4.98 Å². The van der Waals surface area contributed by atoms with E-state index in [0.29, 0.717) is 12.3 Å². The first-order valence-electron chi connectivity index (χ1n) is 5.91. The molecule has 2 heterocycles. The molecule has 1 atom stereocenters. The molecule has 1 aromatic heterocycles. The Balaban J connectivity index is 2.25. The van der Waals surface area contributed by atoms with Crippen molar-refractivity contribution in [3.05, 3.63) is 28.0 Å². The van der Waals surface area contributed by atoms with Gasteiger partial charge in [0.1, 0.15) is 10.8 Å². The summed E-state index contributed by atoms with van der Waals surface area (Å²) in [7, 11) is 0. The summed E-state index contributed by atoms with van der Waals surface area (Å²) in [4.78, 5) is 28.8.